The van der Waals surface area contributed by atoms with E-state index >= 15 is 0 Å². The summed E-state index contributed by atoms with van der Waals surface area (Å²) in [5.74, 6) is 0.383. The van der Waals surface area contributed by atoms with Gasteiger partial charge in [-0.3, -0.25) is 15.6 Å². The maximum atomic E-state index is 13.4. The highest BCUT2D eigenvalue weighted by Crippen LogP contribution is 2.28. The monoisotopic (exact) mass is 540 g/mol. The van der Waals surface area contributed by atoms with Gasteiger partial charge >= 0.3 is 6.03 Å². The number of nitrogens with one attached hydrogen (secondary N) is 3. The third-order valence-corrected chi connectivity index (χ3v) is 8.69. The summed E-state index contributed by atoms with van der Waals surface area (Å²) in [6.07, 6.45) is 6.72. The van der Waals surface area contributed by atoms with Gasteiger partial charge < -0.3 is 14.6 Å². The normalized spacial score (nSPS) is 16.3. The van der Waals surface area contributed by atoms with Gasteiger partial charge in [0.15, 0.2) is 5.03 Å². The van der Waals surface area contributed by atoms with Crippen LogP contribution in [0.15, 0.2) is 65.7 Å². The Bertz CT molecular complexity index is 1480. The van der Waals surface area contributed by atoms with Gasteiger partial charge in [0.2, 0.25) is 21.2 Å². The second-order valence-electron chi connectivity index (χ2n) is 8.34. The maximum Gasteiger partial charge on any atom is 0.326 e. The Hall–Kier alpha value is -3.88. The van der Waals surface area contributed by atoms with E-state index in [-0.39, 0.29) is 22.6 Å². The zero-order valence-electron chi connectivity index (χ0n) is 19.7. The molecule has 3 N–H and O–H groups in total. The summed E-state index contributed by atoms with van der Waals surface area (Å²) in [5.41, 5.74) is -0.274. The first-order valence-corrected chi connectivity index (χ1v) is 13.8. The number of urea groups is 1. The summed E-state index contributed by atoms with van der Waals surface area (Å²) < 4.78 is 34.3. The molecule has 37 heavy (non-hydrogen) atoms. The topological polar surface area (TPSA) is 153 Å². The molecule has 0 aromatic carbocycles. The molecule has 0 radical (unpaired) electrons. The molecule has 1 aliphatic rings. The molecule has 14 heteroatoms. The molecule has 0 aliphatic carbocycles. The molecule has 0 bridgehead atoms. The van der Waals surface area contributed by atoms with E-state index < -0.39 is 21.3 Å². The number of hydrogen-bond acceptors (Lipinski definition) is 10. The summed E-state index contributed by atoms with van der Waals surface area (Å²) in [5, 5.41) is 11.0. The number of carbonyl (C=O) groups excluding carboxylic acids is 1. The number of imidazole rings is 1. The summed E-state index contributed by atoms with van der Waals surface area (Å²) in [6, 6.07) is 7.89. The molecule has 4 aromatic rings. The molecule has 192 valence electrons. The molecular weight excluding hydrogens is 516 g/mol. The molecular formula is C23H24N8O4S2. The number of aryl methyl sites for hydroxylation is 1. The molecule has 2 unspecified atom stereocenters. The van der Waals surface area contributed by atoms with Crippen molar-refractivity contribution in [1.29, 1.82) is 0 Å². The molecule has 5 rings (SSSR count). The number of thiazole rings is 1. The highest BCUT2D eigenvalue weighted by Gasteiger charge is 2.40. The number of carbonyl (C=O) groups is 1. The maximum absolute atomic E-state index is 13.4. The predicted molar refractivity (Wildman–Crippen MR) is 138 cm³/mol. The molecule has 0 spiro atoms. The van der Waals surface area contributed by atoms with Gasteiger partial charge in [0.25, 0.3) is 0 Å². The fraction of sp³-hybridized carbons (Fsp3) is 0.261. The quantitative estimate of drug-likeness (QED) is 0.306. The minimum absolute atomic E-state index is 0.0625. The van der Waals surface area contributed by atoms with E-state index in [1.165, 1.54) is 28.4 Å². The fourth-order valence-corrected chi connectivity index (χ4v) is 6.57. The van der Waals surface area contributed by atoms with Crippen LogP contribution in [0.4, 0.5) is 16.4 Å². The van der Waals surface area contributed by atoms with Crippen LogP contribution in [0.25, 0.3) is 10.6 Å². The Morgan fingerprint density at radius 1 is 1.16 bits per heavy atom. The number of anilines is 2. The zero-order valence-corrected chi connectivity index (χ0v) is 21.4. The zero-order chi connectivity index (χ0) is 25.8. The van der Waals surface area contributed by atoms with Crippen molar-refractivity contribution in [3.05, 3.63) is 60.6 Å². The first-order valence-electron chi connectivity index (χ1n) is 11.4. The van der Waals surface area contributed by atoms with Crippen molar-refractivity contribution in [2.75, 3.05) is 23.7 Å². The van der Waals surface area contributed by atoms with E-state index in [1.54, 1.807) is 43.0 Å². The van der Waals surface area contributed by atoms with Crippen LogP contribution in [-0.2, 0) is 16.9 Å². The number of rotatable bonds is 8. The van der Waals surface area contributed by atoms with Gasteiger partial charge in [-0.15, -0.1) is 11.3 Å². The number of hydrogen-bond donors (Lipinski definition) is 3. The Balaban J connectivity index is 1.29. The van der Waals surface area contributed by atoms with Crippen molar-refractivity contribution in [3.8, 4) is 16.5 Å². The minimum atomic E-state index is -3.88. The standard InChI is InChI=1S/C23H24N8O4S2/c1-31-14-26-12-20(31)37(33,34)22(16-7-10-25-11-16)35-19-4-2-3-17(27-19)29-23(32)30-18-13-36-21(28-18)15-5-8-24-9-6-15/h2-6,8-9,12-14,16,22,25H,7,10-11H2,1H3,(H2,27,29,30,32). The number of pyridine rings is 2. The van der Waals surface area contributed by atoms with Gasteiger partial charge in [0.1, 0.15) is 16.6 Å². The lowest BCUT2D eigenvalue weighted by molar-refractivity contribution is 0.205. The molecule has 1 saturated heterocycles. The average molecular weight is 541 g/mol. The lowest BCUT2D eigenvalue weighted by Crippen LogP contribution is -2.37. The molecule has 1 fully saturated rings. The minimum Gasteiger partial charge on any atom is -0.457 e. The Kier molecular flexibility index (Phi) is 7.12. The summed E-state index contributed by atoms with van der Waals surface area (Å²) in [4.78, 5) is 29.2. The van der Waals surface area contributed by atoms with E-state index in [0.717, 1.165) is 10.6 Å². The van der Waals surface area contributed by atoms with Crippen LogP contribution < -0.4 is 20.7 Å². The molecule has 0 saturated carbocycles. The van der Waals surface area contributed by atoms with Crippen LogP contribution in [0.1, 0.15) is 6.42 Å². The number of aromatic nitrogens is 5. The van der Waals surface area contributed by atoms with Gasteiger partial charge in [0, 0.05) is 48.9 Å². The number of sulfone groups is 1. The van der Waals surface area contributed by atoms with Crippen LogP contribution in [0, 0.1) is 5.92 Å². The van der Waals surface area contributed by atoms with E-state index in [1.807, 2.05) is 12.1 Å². The van der Waals surface area contributed by atoms with Gasteiger partial charge in [0.05, 0.1) is 12.5 Å². The largest absolute Gasteiger partial charge is 0.457 e. The molecule has 1 aliphatic heterocycles. The van der Waals surface area contributed by atoms with Gasteiger partial charge in [-0.25, -0.2) is 23.2 Å². The molecule has 4 aromatic heterocycles. The van der Waals surface area contributed by atoms with Gasteiger partial charge in [-0.1, -0.05) is 6.07 Å². The smallest absolute Gasteiger partial charge is 0.326 e. The van der Waals surface area contributed by atoms with Crippen molar-refractivity contribution in [1.82, 2.24) is 29.8 Å². The average Bonchev–Trinajstić information content (AvgIpc) is 3.66. The van der Waals surface area contributed by atoms with Crippen molar-refractivity contribution in [2.45, 2.75) is 16.9 Å². The molecule has 12 nitrogen and oxygen atoms in total. The second kappa shape index (κ2) is 10.6. The van der Waals surface area contributed by atoms with Crippen LogP contribution in [0.2, 0.25) is 0 Å². The van der Waals surface area contributed by atoms with E-state index in [0.29, 0.717) is 25.3 Å². The highest BCUT2D eigenvalue weighted by atomic mass is 32.2. The first-order chi connectivity index (χ1) is 17.9. The lowest BCUT2D eigenvalue weighted by Gasteiger charge is -2.24. The van der Waals surface area contributed by atoms with Crippen molar-refractivity contribution < 1.29 is 17.9 Å². The Labute approximate surface area is 217 Å². The third-order valence-electron chi connectivity index (χ3n) is 5.73. The van der Waals surface area contributed by atoms with Crippen LogP contribution in [0.3, 0.4) is 0 Å². The lowest BCUT2D eigenvalue weighted by atomic mass is 10.1. The number of amides is 2. The Morgan fingerprint density at radius 2 is 1.97 bits per heavy atom. The van der Waals surface area contributed by atoms with Crippen molar-refractivity contribution in [2.24, 2.45) is 13.0 Å². The summed E-state index contributed by atoms with van der Waals surface area (Å²) in [7, 11) is -2.26. The predicted octanol–water partition coefficient (Wildman–Crippen LogP) is 2.77. The number of nitrogens with zero attached hydrogens (tertiary/aromatic N) is 5. The van der Waals surface area contributed by atoms with E-state index in [2.05, 4.69) is 35.9 Å². The van der Waals surface area contributed by atoms with Gasteiger partial charge in [-0.05, 0) is 31.2 Å². The molecule has 5 heterocycles. The highest BCUT2D eigenvalue weighted by molar-refractivity contribution is 7.91. The SMILES string of the molecule is Cn1cncc1S(=O)(=O)C(Oc1cccc(NC(=O)Nc2csc(-c3ccncc3)n2)n1)C1CCNC1. The summed E-state index contributed by atoms with van der Waals surface area (Å²) >= 11 is 1.39. The first kappa shape index (κ1) is 24.8. The third kappa shape index (κ3) is 5.60. The van der Waals surface area contributed by atoms with Gasteiger partial charge in [-0.2, -0.15) is 4.98 Å². The molecule has 2 amide bonds. The van der Waals surface area contributed by atoms with Crippen LogP contribution in [0.5, 0.6) is 5.88 Å². The second-order valence-corrected chi connectivity index (χ2v) is 11.2. The van der Waals surface area contributed by atoms with Crippen molar-refractivity contribution in [3.63, 3.8) is 0 Å². The van der Waals surface area contributed by atoms with E-state index in [4.69, 9.17) is 4.74 Å². The molecule has 2 atom stereocenters. The van der Waals surface area contributed by atoms with Crippen molar-refractivity contribution >= 4 is 38.8 Å². The van der Waals surface area contributed by atoms with E-state index in [9.17, 15) is 13.2 Å². The van der Waals surface area contributed by atoms with Crippen LogP contribution in [-0.4, -0.2) is 57.5 Å². The number of ether oxygens (including phenoxy) is 1. The Morgan fingerprint density at radius 3 is 2.70 bits per heavy atom. The van der Waals surface area contributed by atoms with Crippen LogP contribution >= 0.6 is 11.3 Å². The fourth-order valence-electron chi connectivity index (χ4n) is 3.95. The summed E-state index contributed by atoms with van der Waals surface area (Å²) in [6.45, 7) is 1.19.